The summed E-state index contributed by atoms with van der Waals surface area (Å²) in [4.78, 5) is 19.7. The molecule has 1 aromatic heterocycles. The second kappa shape index (κ2) is 6.78. The molecule has 0 unspecified atom stereocenters. The molecule has 6 heteroatoms. The molecule has 0 saturated heterocycles. The zero-order valence-electron chi connectivity index (χ0n) is 11.9. The van der Waals surface area contributed by atoms with Crippen molar-refractivity contribution in [3.63, 3.8) is 0 Å². The highest BCUT2D eigenvalue weighted by Crippen LogP contribution is 2.12. The lowest BCUT2D eigenvalue weighted by Crippen LogP contribution is -2.18. The first kappa shape index (κ1) is 14.9. The number of para-hydroxylation sites is 1. The van der Waals surface area contributed by atoms with E-state index in [1.165, 1.54) is 0 Å². The molecule has 0 aliphatic carbocycles. The number of rotatable bonds is 5. The van der Waals surface area contributed by atoms with Gasteiger partial charge in [0.15, 0.2) is 11.6 Å². The molecule has 21 heavy (non-hydrogen) atoms. The van der Waals surface area contributed by atoms with Crippen LogP contribution in [0.2, 0.25) is 0 Å². The van der Waals surface area contributed by atoms with Gasteiger partial charge in [-0.25, -0.2) is 14.4 Å². The number of amides is 1. The van der Waals surface area contributed by atoms with Gasteiger partial charge < -0.3 is 10.6 Å². The van der Waals surface area contributed by atoms with Crippen molar-refractivity contribution in [1.29, 1.82) is 0 Å². The van der Waals surface area contributed by atoms with Crippen molar-refractivity contribution in [2.24, 2.45) is 5.92 Å². The molecule has 2 rings (SSSR count). The molecule has 0 bridgehead atoms. The third-order valence-electron chi connectivity index (χ3n) is 2.66. The summed E-state index contributed by atoms with van der Waals surface area (Å²) in [6.07, 6.45) is 0.996. The second-order valence-electron chi connectivity index (χ2n) is 4.99. The van der Waals surface area contributed by atoms with Gasteiger partial charge in [0.2, 0.25) is 5.82 Å². The van der Waals surface area contributed by atoms with E-state index in [1.807, 2.05) is 19.9 Å². The predicted molar refractivity (Wildman–Crippen MR) is 79.7 cm³/mol. The van der Waals surface area contributed by atoms with Crippen LogP contribution in [0.3, 0.4) is 0 Å². The molecule has 110 valence electrons. The van der Waals surface area contributed by atoms with Crippen molar-refractivity contribution in [2.75, 3.05) is 17.2 Å². The van der Waals surface area contributed by atoms with Crippen LogP contribution in [0.1, 0.15) is 24.5 Å². The van der Waals surface area contributed by atoms with Crippen molar-refractivity contribution in [2.45, 2.75) is 13.8 Å². The summed E-state index contributed by atoms with van der Waals surface area (Å²) in [6, 6.07) is 8.95. The molecule has 0 aliphatic rings. The quantitative estimate of drug-likeness (QED) is 0.887. The first-order chi connectivity index (χ1) is 10.1. The maximum atomic E-state index is 13.6. The third-order valence-corrected chi connectivity index (χ3v) is 2.66. The molecule has 2 N–H and O–H groups in total. The van der Waals surface area contributed by atoms with E-state index in [4.69, 9.17) is 0 Å². The summed E-state index contributed by atoms with van der Waals surface area (Å²) in [6.45, 7) is 4.55. The molecule has 0 spiro atoms. The average molecular weight is 288 g/mol. The Bertz CT molecular complexity index is 616. The average Bonchev–Trinajstić information content (AvgIpc) is 2.47. The normalized spacial score (nSPS) is 10.5. The first-order valence-corrected chi connectivity index (χ1v) is 6.69. The molecule has 0 radical (unpaired) electrons. The molecular formula is C15H17FN4O. The van der Waals surface area contributed by atoms with Gasteiger partial charge in [-0.3, -0.25) is 4.79 Å². The monoisotopic (exact) mass is 288 g/mol. The molecule has 0 fully saturated rings. The molecule has 0 saturated carbocycles. The number of carbonyl (C=O) groups is 1. The number of carbonyl (C=O) groups excluding carboxylic acids is 1. The summed E-state index contributed by atoms with van der Waals surface area (Å²) < 4.78 is 13.6. The van der Waals surface area contributed by atoms with Crippen LogP contribution in [-0.4, -0.2) is 22.4 Å². The predicted octanol–water partition coefficient (Wildman–Crippen LogP) is 2.94. The molecule has 1 heterocycles. The van der Waals surface area contributed by atoms with Crippen molar-refractivity contribution in [1.82, 2.24) is 9.97 Å². The molecule has 0 atom stereocenters. The Morgan fingerprint density at radius 3 is 2.67 bits per heavy atom. The van der Waals surface area contributed by atoms with Crippen LogP contribution in [0, 0.1) is 11.7 Å². The highest BCUT2D eigenvalue weighted by Gasteiger charge is 2.13. The standard InChI is InChI=1S/C15H17FN4O/c1-10(2)8-17-13-12(16)9-18-14(20-13)15(21)19-11-6-4-3-5-7-11/h3-7,9-10H,8H2,1-2H3,(H,19,21)(H,17,18,20). The number of hydrogen-bond acceptors (Lipinski definition) is 4. The molecule has 1 amide bonds. The number of benzene rings is 1. The van der Waals surface area contributed by atoms with Gasteiger partial charge in [0.05, 0.1) is 6.20 Å². The van der Waals surface area contributed by atoms with Crippen molar-refractivity contribution in [3.05, 3.63) is 48.2 Å². The van der Waals surface area contributed by atoms with Crippen LogP contribution in [0.5, 0.6) is 0 Å². The zero-order chi connectivity index (χ0) is 15.2. The largest absolute Gasteiger partial charge is 0.367 e. The highest BCUT2D eigenvalue weighted by molar-refractivity contribution is 6.01. The number of anilines is 2. The topological polar surface area (TPSA) is 66.9 Å². The first-order valence-electron chi connectivity index (χ1n) is 6.69. The maximum Gasteiger partial charge on any atom is 0.293 e. The minimum atomic E-state index is -0.577. The Kier molecular flexibility index (Phi) is 4.81. The summed E-state index contributed by atoms with van der Waals surface area (Å²) in [7, 11) is 0. The SMILES string of the molecule is CC(C)CNc1nc(C(=O)Nc2ccccc2)ncc1F. The lowest BCUT2D eigenvalue weighted by atomic mass is 10.2. The summed E-state index contributed by atoms with van der Waals surface area (Å²) in [5.41, 5.74) is 0.632. The van der Waals surface area contributed by atoms with Crippen molar-refractivity contribution >= 4 is 17.4 Å². The molecule has 1 aromatic carbocycles. The fraction of sp³-hybridized carbons (Fsp3) is 0.267. The molecular weight excluding hydrogens is 271 g/mol. The highest BCUT2D eigenvalue weighted by atomic mass is 19.1. The van der Waals surface area contributed by atoms with Crippen LogP contribution in [0.4, 0.5) is 15.9 Å². The smallest absolute Gasteiger partial charge is 0.293 e. The lowest BCUT2D eigenvalue weighted by molar-refractivity contribution is 0.101. The van der Waals surface area contributed by atoms with Crippen LogP contribution in [-0.2, 0) is 0 Å². The number of nitrogens with zero attached hydrogens (tertiary/aromatic N) is 2. The van der Waals surface area contributed by atoms with Crippen LogP contribution < -0.4 is 10.6 Å². The van der Waals surface area contributed by atoms with E-state index in [1.54, 1.807) is 24.3 Å². The van der Waals surface area contributed by atoms with Crippen LogP contribution >= 0.6 is 0 Å². The zero-order valence-corrected chi connectivity index (χ0v) is 11.9. The second-order valence-corrected chi connectivity index (χ2v) is 4.99. The summed E-state index contributed by atoms with van der Waals surface area (Å²) in [5, 5.41) is 5.52. The van der Waals surface area contributed by atoms with Crippen LogP contribution in [0.25, 0.3) is 0 Å². The van der Waals surface area contributed by atoms with Gasteiger partial charge in [-0.1, -0.05) is 32.0 Å². The summed E-state index contributed by atoms with van der Waals surface area (Å²) >= 11 is 0. The molecule has 5 nitrogen and oxygen atoms in total. The van der Waals surface area contributed by atoms with Gasteiger partial charge in [0.1, 0.15) is 0 Å². The van der Waals surface area contributed by atoms with E-state index in [-0.39, 0.29) is 11.6 Å². The Morgan fingerprint density at radius 2 is 2.00 bits per heavy atom. The fourth-order valence-corrected chi connectivity index (χ4v) is 1.61. The third kappa shape index (κ3) is 4.24. The Labute approximate surface area is 122 Å². The number of aromatic nitrogens is 2. The minimum absolute atomic E-state index is 0.0388. The summed E-state index contributed by atoms with van der Waals surface area (Å²) in [5.74, 6) is -0.759. The van der Waals surface area contributed by atoms with E-state index in [0.717, 1.165) is 6.20 Å². The van der Waals surface area contributed by atoms with Gasteiger partial charge in [-0.2, -0.15) is 0 Å². The van der Waals surface area contributed by atoms with Crippen LogP contribution in [0.15, 0.2) is 36.5 Å². The van der Waals surface area contributed by atoms with Crippen molar-refractivity contribution < 1.29 is 9.18 Å². The number of nitrogens with one attached hydrogen (secondary N) is 2. The van der Waals surface area contributed by atoms with E-state index in [9.17, 15) is 9.18 Å². The lowest BCUT2D eigenvalue weighted by Gasteiger charge is -2.10. The van der Waals surface area contributed by atoms with E-state index < -0.39 is 11.7 Å². The number of hydrogen-bond donors (Lipinski definition) is 2. The van der Waals surface area contributed by atoms with Gasteiger partial charge in [-0.05, 0) is 18.1 Å². The van der Waals surface area contributed by atoms with E-state index in [0.29, 0.717) is 18.2 Å². The van der Waals surface area contributed by atoms with Gasteiger partial charge >= 0.3 is 0 Å². The Morgan fingerprint density at radius 1 is 1.29 bits per heavy atom. The fourth-order valence-electron chi connectivity index (χ4n) is 1.61. The number of halogens is 1. The van der Waals surface area contributed by atoms with Gasteiger partial charge in [0.25, 0.3) is 5.91 Å². The van der Waals surface area contributed by atoms with Gasteiger partial charge in [0, 0.05) is 12.2 Å². The maximum absolute atomic E-state index is 13.6. The van der Waals surface area contributed by atoms with Gasteiger partial charge in [-0.15, -0.1) is 0 Å². The van der Waals surface area contributed by atoms with E-state index in [2.05, 4.69) is 20.6 Å². The minimum Gasteiger partial charge on any atom is -0.367 e. The Balaban J connectivity index is 2.12. The van der Waals surface area contributed by atoms with E-state index >= 15 is 0 Å². The Hall–Kier alpha value is -2.50. The molecule has 2 aromatic rings. The van der Waals surface area contributed by atoms with Crippen molar-refractivity contribution in [3.8, 4) is 0 Å². The molecule has 0 aliphatic heterocycles.